The Bertz CT molecular complexity index is 809. The number of nitrogens with one attached hydrogen (secondary N) is 1. The summed E-state index contributed by atoms with van der Waals surface area (Å²) in [5.41, 5.74) is 12.1. The van der Waals surface area contributed by atoms with E-state index in [1.54, 1.807) is 0 Å². The monoisotopic (exact) mass is 343 g/mol. The van der Waals surface area contributed by atoms with Crippen molar-refractivity contribution in [3.8, 4) is 11.4 Å². The second-order valence-corrected chi connectivity index (χ2v) is 6.06. The largest absolute Gasteiger partial charge is 0.490 e. The maximum Gasteiger partial charge on any atom is 0.269 e. The van der Waals surface area contributed by atoms with E-state index >= 15 is 0 Å². The first-order valence-corrected chi connectivity index (χ1v) is 8.12. The van der Waals surface area contributed by atoms with Crippen LogP contribution in [0.15, 0.2) is 24.5 Å². The molecule has 1 aliphatic rings. The van der Waals surface area contributed by atoms with Crippen molar-refractivity contribution in [3.63, 3.8) is 0 Å². The van der Waals surface area contributed by atoms with Gasteiger partial charge in [-0.3, -0.25) is 14.2 Å². The molecule has 132 valence electrons. The van der Waals surface area contributed by atoms with Crippen LogP contribution >= 0.6 is 0 Å². The van der Waals surface area contributed by atoms with Crippen molar-refractivity contribution in [3.05, 3.63) is 41.5 Å². The Balaban J connectivity index is 1.98. The lowest BCUT2D eigenvalue weighted by molar-refractivity contribution is 0.0960. The van der Waals surface area contributed by atoms with Crippen molar-refractivity contribution >= 4 is 11.8 Å². The molecular weight excluding hydrogens is 322 g/mol. The van der Waals surface area contributed by atoms with Crippen LogP contribution < -0.4 is 21.5 Å². The van der Waals surface area contributed by atoms with Gasteiger partial charge >= 0.3 is 0 Å². The summed E-state index contributed by atoms with van der Waals surface area (Å²) in [4.78, 5) is 27.2. The zero-order valence-corrected chi connectivity index (χ0v) is 14.0. The Kier molecular flexibility index (Phi) is 4.71. The van der Waals surface area contributed by atoms with E-state index in [-0.39, 0.29) is 17.5 Å². The fourth-order valence-electron chi connectivity index (χ4n) is 2.97. The minimum atomic E-state index is -0.799. The van der Waals surface area contributed by atoms with Gasteiger partial charge in [0.25, 0.3) is 11.8 Å². The second kappa shape index (κ2) is 6.94. The number of carbonyl (C=O) groups is 2. The van der Waals surface area contributed by atoms with E-state index in [9.17, 15) is 9.59 Å². The first kappa shape index (κ1) is 17.0. The summed E-state index contributed by atoms with van der Waals surface area (Å²) in [6.07, 6.45) is 3.40. The Hall–Kier alpha value is -2.87. The smallest absolute Gasteiger partial charge is 0.269 e. The number of nitrogens with zero attached hydrogens (tertiary/aromatic N) is 2. The Morgan fingerprint density at radius 3 is 2.60 bits per heavy atom. The number of amides is 2. The highest BCUT2D eigenvalue weighted by atomic mass is 16.5. The molecular formula is C17H21N5O3. The number of imidazole rings is 1. The summed E-state index contributed by atoms with van der Waals surface area (Å²) in [5, 5.41) is 3.29. The van der Waals surface area contributed by atoms with Crippen LogP contribution in [0.4, 0.5) is 0 Å². The van der Waals surface area contributed by atoms with E-state index in [0.29, 0.717) is 11.4 Å². The molecule has 25 heavy (non-hydrogen) atoms. The van der Waals surface area contributed by atoms with Crippen LogP contribution in [0, 0.1) is 6.92 Å². The van der Waals surface area contributed by atoms with Crippen LogP contribution in [-0.2, 0) is 0 Å². The van der Waals surface area contributed by atoms with Gasteiger partial charge < -0.3 is 21.5 Å². The quantitative estimate of drug-likeness (QED) is 0.729. The first-order chi connectivity index (χ1) is 12.0. The Morgan fingerprint density at radius 1 is 1.24 bits per heavy atom. The van der Waals surface area contributed by atoms with Gasteiger partial charge in [-0.05, 0) is 44.5 Å². The van der Waals surface area contributed by atoms with Gasteiger partial charge in [-0.25, -0.2) is 4.98 Å². The number of hydrogen-bond acceptors (Lipinski definition) is 5. The van der Waals surface area contributed by atoms with Crippen LogP contribution in [0.3, 0.4) is 0 Å². The Labute approximate surface area is 145 Å². The number of aryl methyl sites for hydroxylation is 1. The summed E-state index contributed by atoms with van der Waals surface area (Å²) in [6.45, 7) is 3.75. The van der Waals surface area contributed by atoms with Crippen molar-refractivity contribution in [1.29, 1.82) is 0 Å². The van der Waals surface area contributed by atoms with Gasteiger partial charge in [0.15, 0.2) is 5.69 Å². The third-order valence-corrected chi connectivity index (χ3v) is 4.26. The van der Waals surface area contributed by atoms with E-state index < -0.39 is 11.8 Å². The van der Waals surface area contributed by atoms with Crippen LogP contribution in [-0.4, -0.2) is 40.6 Å². The summed E-state index contributed by atoms with van der Waals surface area (Å²) >= 11 is 0. The molecule has 0 atom stereocenters. The Morgan fingerprint density at radius 2 is 1.96 bits per heavy atom. The lowest BCUT2D eigenvalue weighted by Crippen LogP contribution is -2.34. The fraction of sp³-hybridized carbons (Fsp3) is 0.353. The molecule has 0 aliphatic carbocycles. The third kappa shape index (κ3) is 3.48. The average molecular weight is 343 g/mol. The van der Waals surface area contributed by atoms with Gasteiger partial charge in [-0.15, -0.1) is 0 Å². The van der Waals surface area contributed by atoms with Crippen molar-refractivity contribution < 1.29 is 14.3 Å². The first-order valence-electron chi connectivity index (χ1n) is 8.12. The van der Waals surface area contributed by atoms with Crippen LogP contribution in [0.2, 0.25) is 0 Å². The van der Waals surface area contributed by atoms with Crippen molar-refractivity contribution in [2.75, 3.05) is 13.1 Å². The van der Waals surface area contributed by atoms with Gasteiger partial charge in [-0.2, -0.15) is 0 Å². The van der Waals surface area contributed by atoms with Gasteiger partial charge in [0.05, 0.1) is 5.69 Å². The summed E-state index contributed by atoms with van der Waals surface area (Å²) < 4.78 is 7.52. The highest BCUT2D eigenvalue weighted by Gasteiger charge is 2.22. The number of rotatable bonds is 5. The molecule has 1 saturated heterocycles. The molecule has 2 amide bonds. The minimum absolute atomic E-state index is 0.0328. The number of benzene rings is 1. The fourth-order valence-corrected chi connectivity index (χ4v) is 2.97. The molecule has 0 saturated carbocycles. The molecule has 2 aromatic rings. The molecule has 5 N–H and O–H groups in total. The molecule has 2 heterocycles. The lowest BCUT2D eigenvalue weighted by atomic mass is 10.1. The number of ether oxygens (including phenoxy) is 1. The molecule has 1 aliphatic heterocycles. The van der Waals surface area contributed by atoms with E-state index in [1.807, 2.05) is 25.1 Å². The van der Waals surface area contributed by atoms with E-state index in [4.69, 9.17) is 16.2 Å². The third-order valence-electron chi connectivity index (χ3n) is 4.26. The summed E-state index contributed by atoms with van der Waals surface area (Å²) in [7, 11) is 0. The second-order valence-electron chi connectivity index (χ2n) is 6.06. The average Bonchev–Trinajstić information content (AvgIpc) is 3.03. The van der Waals surface area contributed by atoms with Crippen molar-refractivity contribution in [2.24, 2.45) is 11.5 Å². The van der Waals surface area contributed by atoms with Crippen molar-refractivity contribution in [2.45, 2.75) is 25.9 Å². The molecule has 0 radical (unpaired) electrons. The summed E-state index contributed by atoms with van der Waals surface area (Å²) in [6, 6.07) is 5.59. The predicted octanol–water partition coefficient (Wildman–Crippen LogP) is 0.509. The molecule has 8 heteroatoms. The zero-order chi connectivity index (χ0) is 18.0. The number of piperidine rings is 1. The number of primary amides is 2. The van der Waals surface area contributed by atoms with Gasteiger partial charge in [0.1, 0.15) is 23.9 Å². The van der Waals surface area contributed by atoms with E-state index in [2.05, 4.69) is 10.3 Å². The number of nitrogens with two attached hydrogens (primary N) is 2. The minimum Gasteiger partial charge on any atom is -0.490 e. The molecule has 1 aromatic heterocycles. The maximum atomic E-state index is 11.8. The SMILES string of the molecule is Cc1ccc(OC2CCNCC2)cc1-n1cnc(C(N)=O)c1C(N)=O. The van der Waals surface area contributed by atoms with Crippen LogP contribution in [0.25, 0.3) is 5.69 Å². The number of aromatic nitrogens is 2. The molecule has 1 fully saturated rings. The topological polar surface area (TPSA) is 125 Å². The molecule has 0 spiro atoms. The van der Waals surface area contributed by atoms with E-state index in [1.165, 1.54) is 10.9 Å². The van der Waals surface area contributed by atoms with Gasteiger partial charge in [0.2, 0.25) is 0 Å². The number of carbonyl (C=O) groups excluding carboxylic acids is 2. The highest BCUT2D eigenvalue weighted by Crippen LogP contribution is 2.25. The van der Waals surface area contributed by atoms with Gasteiger partial charge in [-0.1, -0.05) is 6.07 Å². The predicted molar refractivity (Wildman–Crippen MR) is 91.9 cm³/mol. The van der Waals surface area contributed by atoms with E-state index in [0.717, 1.165) is 31.5 Å². The van der Waals surface area contributed by atoms with Crippen LogP contribution in [0.5, 0.6) is 5.75 Å². The standard InChI is InChI=1S/C17H21N5O3/c1-10-2-3-12(25-11-4-6-20-7-5-11)8-13(10)22-9-21-14(16(18)23)15(22)17(19)24/h2-3,8-9,11,20H,4-7H2,1H3,(H2,18,23)(H2,19,24). The van der Waals surface area contributed by atoms with Gasteiger partial charge in [0, 0.05) is 6.07 Å². The molecule has 1 aromatic carbocycles. The molecule has 0 bridgehead atoms. The highest BCUT2D eigenvalue weighted by molar-refractivity contribution is 6.04. The van der Waals surface area contributed by atoms with Crippen molar-refractivity contribution in [1.82, 2.24) is 14.9 Å². The molecule has 0 unspecified atom stereocenters. The normalized spacial score (nSPS) is 15.1. The lowest BCUT2D eigenvalue weighted by Gasteiger charge is -2.24. The van der Waals surface area contributed by atoms with Crippen LogP contribution in [0.1, 0.15) is 39.4 Å². The molecule has 3 rings (SSSR count). The maximum absolute atomic E-state index is 11.8. The zero-order valence-electron chi connectivity index (χ0n) is 14.0. The molecule has 8 nitrogen and oxygen atoms in total. The summed E-state index contributed by atoms with van der Waals surface area (Å²) in [5.74, 6) is -0.875. The number of hydrogen-bond donors (Lipinski definition) is 3.